The maximum atomic E-state index is 12.5. The van der Waals surface area contributed by atoms with Crippen molar-refractivity contribution in [3.63, 3.8) is 0 Å². The molecule has 0 rings (SSSR count). The minimum absolute atomic E-state index is 0.0645. The molecule has 0 radical (unpaired) electrons. The molecule has 0 saturated heterocycles. The molecule has 2 unspecified atom stereocenters. The third-order valence-electron chi connectivity index (χ3n) is 4.17. The largest absolute Gasteiger partial charge is 0.462 e. The Morgan fingerprint density at radius 2 is 1.44 bits per heavy atom. The predicted molar refractivity (Wildman–Crippen MR) is 106 cm³/mol. The first-order valence-electron chi connectivity index (χ1n) is 9.68. The van der Waals surface area contributed by atoms with Gasteiger partial charge in [0.1, 0.15) is 17.4 Å². The number of Topliss-reactive ketones (excluding diaryl/α,β-unsaturated/α-hetero) is 1. The molecule has 2 N–H and O–H groups in total. The molecular formula is C21H39NO5. The van der Waals surface area contributed by atoms with Crippen LogP contribution in [0.5, 0.6) is 0 Å². The van der Waals surface area contributed by atoms with Crippen molar-refractivity contribution in [3.8, 4) is 0 Å². The van der Waals surface area contributed by atoms with Gasteiger partial charge in [0.25, 0.3) is 0 Å². The monoisotopic (exact) mass is 385 g/mol. The average molecular weight is 386 g/mol. The van der Waals surface area contributed by atoms with Gasteiger partial charge >= 0.3 is 11.9 Å². The van der Waals surface area contributed by atoms with Gasteiger partial charge in [0.15, 0.2) is 0 Å². The van der Waals surface area contributed by atoms with Crippen LogP contribution in [0.1, 0.15) is 88.0 Å². The number of ketones is 1. The summed E-state index contributed by atoms with van der Waals surface area (Å²) in [7, 11) is 0. The molecule has 158 valence electrons. The summed E-state index contributed by atoms with van der Waals surface area (Å²) < 4.78 is 10.6. The molecule has 0 saturated carbocycles. The van der Waals surface area contributed by atoms with Gasteiger partial charge in [-0.2, -0.15) is 0 Å². The van der Waals surface area contributed by atoms with Crippen LogP contribution in [-0.2, 0) is 23.9 Å². The Labute approximate surface area is 164 Å². The summed E-state index contributed by atoms with van der Waals surface area (Å²) in [6.45, 7) is 16.7. The zero-order valence-electron chi connectivity index (χ0n) is 18.6. The Morgan fingerprint density at radius 3 is 1.89 bits per heavy atom. The highest BCUT2D eigenvalue weighted by Crippen LogP contribution is 2.33. The van der Waals surface area contributed by atoms with Crippen LogP contribution < -0.4 is 5.73 Å². The van der Waals surface area contributed by atoms with Crippen LogP contribution in [0.15, 0.2) is 0 Å². The van der Waals surface area contributed by atoms with E-state index in [0.29, 0.717) is 12.8 Å². The van der Waals surface area contributed by atoms with Crippen molar-refractivity contribution < 1.29 is 23.9 Å². The van der Waals surface area contributed by atoms with Crippen molar-refractivity contribution in [1.82, 2.24) is 0 Å². The van der Waals surface area contributed by atoms with E-state index in [0.717, 1.165) is 0 Å². The van der Waals surface area contributed by atoms with Gasteiger partial charge in [-0.3, -0.25) is 14.4 Å². The molecule has 0 aliphatic carbocycles. The highest BCUT2D eigenvalue weighted by atomic mass is 16.6. The lowest BCUT2D eigenvalue weighted by molar-refractivity contribution is -0.155. The van der Waals surface area contributed by atoms with Gasteiger partial charge in [0, 0.05) is 17.3 Å². The van der Waals surface area contributed by atoms with E-state index in [9.17, 15) is 14.4 Å². The Morgan fingerprint density at radius 1 is 0.926 bits per heavy atom. The second-order valence-corrected chi connectivity index (χ2v) is 9.98. The predicted octanol–water partition coefficient (Wildman–Crippen LogP) is 3.79. The van der Waals surface area contributed by atoms with Gasteiger partial charge in [-0.1, -0.05) is 34.6 Å². The quantitative estimate of drug-likeness (QED) is 0.607. The van der Waals surface area contributed by atoms with Crippen LogP contribution in [0.2, 0.25) is 0 Å². The van der Waals surface area contributed by atoms with Crippen LogP contribution in [0.3, 0.4) is 0 Å². The van der Waals surface area contributed by atoms with Crippen molar-refractivity contribution in [2.75, 3.05) is 0 Å². The van der Waals surface area contributed by atoms with Crippen LogP contribution in [0.25, 0.3) is 0 Å². The second-order valence-electron chi connectivity index (χ2n) is 9.98. The van der Waals surface area contributed by atoms with Gasteiger partial charge < -0.3 is 15.2 Å². The van der Waals surface area contributed by atoms with E-state index in [-0.39, 0.29) is 30.7 Å². The standard InChI is InChI=1S/C21H39NO5/c1-14(12-13-21(8,9)18(25)19(2,3)4)26-17(24)15(22)10-11-16(23)27-20(5,6)7/h14-15H,10-13,22H2,1-9H3. The minimum Gasteiger partial charge on any atom is -0.462 e. The summed E-state index contributed by atoms with van der Waals surface area (Å²) in [6, 6.07) is -0.871. The van der Waals surface area contributed by atoms with E-state index in [1.54, 1.807) is 27.7 Å². The van der Waals surface area contributed by atoms with E-state index in [1.165, 1.54) is 0 Å². The molecule has 0 aliphatic heterocycles. The van der Waals surface area contributed by atoms with Gasteiger partial charge in [-0.25, -0.2) is 0 Å². The number of esters is 2. The molecule has 0 aliphatic rings. The molecule has 0 aromatic heterocycles. The normalized spacial score (nSPS) is 15.0. The molecule has 0 aromatic carbocycles. The van der Waals surface area contributed by atoms with Gasteiger partial charge in [-0.05, 0) is 47.0 Å². The third-order valence-corrected chi connectivity index (χ3v) is 4.17. The molecule has 0 bridgehead atoms. The minimum atomic E-state index is -0.871. The Bertz CT molecular complexity index is 526. The Balaban J connectivity index is 4.41. The molecule has 0 heterocycles. The van der Waals surface area contributed by atoms with Gasteiger partial charge in [-0.15, -0.1) is 0 Å². The second kappa shape index (κ2) is 9.67. The first-order chi connectivity index (χ1) is 12.0. The van der Waals surface area contributed by atoms with E-state index in [2.05, 4.69) is 0 Å². The fourth-order valence-electron chi connectivity index (χ4n) is 2.82. The Hall–Kier alpha value is -1.43. The molecule has 0 spiro atoms. The molecule has 6 heteroatoms. The van der Waals surface area contributed by atoms with E-state index in [1.807, 2.05) is 34.6 Å². The fraction of sp³-hybridized carbons (Fsp3) is 0.857. The maximum Gasteiger partial charge on any atom is 0.323 e. The van der Waals surface area contributed by atoms with Crippen molar-refractivity contribution in [1.29, 1.82) is 0 Å². The third kappa shape index (κ3) is 10.5. The number of carbonyl (C=O) groups excluding carboxylic acids is 3. The number of rotatable bonds is 9. The van der Waals surface area contributed by atoms with Gasteiger partial charge in [0.2, 0.25) is 0 Å². The number of hydrogen-bond donors (Lipinski definition) is 1. The molecule has 6 nitrogen and oxygen atoms in total. The topological polar surface area (TPSA) is 95.7 Å². The van der Waals surface area contributed by atoms with Crippen molar-refractivity contribution in [3.05, 3.63) is 0 Å². The van der Waals surface area contributed by atoms with E-state index < -0.39 is 28.4 Å². The highest BCUT2D eigenvalue weighted by molar-refractivity contribution is 5.88. The van der Waals surface area contributed by atoms with Crippen LogP contribution in [-0.4, -0.2) is 35.5 Å². The summed E-state index contributed by atoms with van der Waals surface area (Å²) >= 11 is 0. The lowest BCUT2D eigenvalue weighted by Crippen LogP contribution is -2.37. The first-order valence-corrected chi connectivity index (χ1v) is 9.68. The molecule has 0 aromatic rings. The van der Waals surface area contributed by atoms with Crippen molar-refractivity contribution in [2.45, 2.75) is 106 Å². The SMILES string of the molecule is CC(CCC(C)(C)C(=O)C(C)(C)C)OC(=O)C(N)CCC(=O)OC(C)(C)C. The first kappa shape index (κ1) is 25.6. The fourth-order valence-corrected chi connectivity index (χ4v) is 2.82. The van der Waals surface area contributed by atoms with E-state index >= 15 is 0 Å². The summed E-state index contributed by atoms with van der Waals surface area (Å²) in [6.07, 6.45) is 1.07. The molecule has 27 heavy (non-hydrogen) atoms. The lowest BCUT2D eigenvalue weighted by atomic mass is 9.72. The number of hydrogen-bond acceptors (Lipinski definition) is 6. The smallest absolute Gasteiger partial charge is 0.323 e. The molecule has 0 fully saturated rings. The number of carbonyl (C=O) groups is 3. The van der Waals surface area contributed by atoms with Crippen molar-refractivity contribution in [2.24, 2.45) is 16.6 Å². The summed E-state index contributed by atoms with van der Waals surface area (Å²) in [5, 5.41) is 0. The van der Waals surface area contributed by atoms with Crippen LogP contribution in [0.4, 0.5) is 0 Å². The zero-order valence-corrected chi connectivity index (χ0v) is 18.6. The number of nitrogens with two attached hydrogens (primary N) is 1. The summed E-state index contributed by atoms with van der Waals surface area (Å²) in [5.41, 5.74) is 4.37. The highest BCUT2D eigenvalue weighted by Gasteiger charge is 2.36. The lowest BCUT2D eigenvalue weighted by Gasteiger charge is -2.31. The zero-order chi connectivity index (χ0) is 21.6. The summed E-state index contributed by atoms with van der Waals surface area (Å²) in [4.78, 5) is 36.3. The maximum absolute atomic E-state index is 12.5. The molecule has 0 amide bonds. The summed E-state index contributed by atoms with van der Waals surface area (Å²) in [5.74, 6) is -0.741. The number of ether oxygens (including phenoxy) is 2. The van der Waals surface area contributed by atoms with Crippen molar-refractivity contribution >= 4 is 17.7 Å². The molecular weight excluding hydrogens is 346 g/mol. The Kier molecular flexibility index (Phi) is 9.16. The average Bonchev–Trinajstić information content (AvgIpc) is 2.47. The molecule has 2 atom stereocenters. The van der Waals surface area contributed by atoms with E-state index in [4.69, 9.17) is 15.2 Å². The van der Waals surface area contributed by atoms with Crippen LogP contribution in [0, 0.1) is 10.8 Å². The van der Waals surface area contributed by atoms with Crippen LogP contribution >= 0.6 is 0 Å². The van der Waals surface area contributed by atoms with Gasteiger partial charge in [0.05, 0.1) is 6.10 Å².